The molecule has 1 saturated heterocycles. The van der Waals surface area contributed by atoms with Crippen LogP contribution in [0.5, 0.6) is 0 Å². The van der Waals surface area contributed by atoms with Gasteiger partial charge in [0.2, 0.25) is 5.91 Å². The Kier molecular flexibility index (Phi) is 7.38. The molecular weight excluding hydrogens is 232 g/mol. The molecule has 0 aromatic carbocycles. The smallest absolute Gasteiger partial charge is 0.222 e. The highest BCUT2D eigenvalue weighted by Gasteiger charge is 2.19. The van der Waals surface area contributed by atoms with Crippen LogP contribution in [0.15, 0.2) is 0 Å². The molecule has 5 nitrogen and oxygen atoms in total. The molecule has 18 heavy (non-hydrogen) atoms. The van der Waals surface area contributed by atoms with Crippen LogP contribution in [0.1, 0.15) is 32.1 Å². The summed E-state index contributed by atoms with van der Waals surface area (Å²) in [5.41, 5.74) is 0. The molecule has 1 unspecified atom stereocenters. The van der Waals surface area contributed by atoms with E-state index in [1.807, 2.05) is 0 Å². The van der Waals surface area contributed by atoms with Crippen molar-refractivity contribution in [3.63, 3.8) is 0 Å². The van der Waals surface area contributed by atoms with E-state index in [9.17, 15) is 4.79 Å². The molecule has 1 aliphatic heterocycles. The van der Waals surface area contributed by atoms with Crippen molar-refractivity contribution < 1.29 is 14.3 Å². The minimum Gasteiger partial charge on any atom is -0.383 e. The second-order valence-corrected chi connectivity index (χ2v) is 4.46. The van der Waals surface area contributed by atoms with Crippen molar-refractivity contribution in [2.45, 2.75) is 38.2 Å². The molecule has 0 saturated carbocycles. The van der Waals surface area contributed by atoms with Gasteiger partial charge in [-0.1, -0.05) is 0 Å². The fourth-order valence-corrected chi connectivity index (χ4v) is 2.06. The Labute approximate surface area is 109 Å². The summed E-state index contributed by atoms with van der Waals surface area (Å²) >= 11 is 0. The summed E-state index contributed by atoms with van der Waals surface area (Å²) in [6, 6.07) is 2.07. The van der Waals surface area contributed by atoms with Gasteiger partial charge >= 0.3 is 0 Å². The maximum absolute atomic E-state index is 12.0. The summed E-state index contributed by atoms with van der Waals surface area (Å²) < 4.78 is 10.5. The number of carbonyl (C=O) groups excluding carboxylic acids is 1. The number of rotatable bonds is 8. The Hall–Kier alpha value is -1.12. The third kappa shape index (κ3) is 5.48. The maximum atomic E-state index is 12.0. The topological polar surface area (TPSA) is 62.6 Å². The monoisotopic (exact) mass is 254 g/mol. The van der Waals surface area contributed by atoms with E-state index < -0.39 is 0 Å². The molecule has 1 fully saturated rings. The van der Waals surface area contributed by atoms with Crippen LogP contribution in [0.4, 0.5) is 0 Å². The van der Waals surface area contributed by atoms with Gasteiger partial charge < -0.3 is 14.4 Å². The largest absolute Gasteiger partial charge is 0.383 e. The quantitative estimate of drug-likeness (QED) is 0.655. The summed E-state index contributed by atoms with van der Waals surface area (Å²) in [6.07, 6.45) is 4.06. The van der Waals surface area contributed by atoms with Crippen LogP contribution in [0.2, 0.25) is 0 Å². The zero-order valence-corrected chi connectivity index (χ0v) is 11.1. The van der Waals surface area contributed by atoms with Crippen molar-refractivity contribution >= 4 is 5.91 Å². The summed E-state index contributed by atoms with van der Waals surface area (Å²) in [7, 11) is 1.61. The van der Waals surface area contributed by atoms with E-state index in [0.29, 0.717) is 32.5 Å². The second-order valence-electron chi connectivity index (χ2n) is 4.46. The molecule has 1 atom stereocenters. The fraction of sp³-hybridized carbons (Fsp3) is 0.846. The molecule has 0 aromatic rings. The van der Waals surface area contributed by atoms with E-state index in [2.05, 4.69) is 6.07 Å². The van der Waals surface area contributed by atoms with Crippen LogP contribution < -0.4 is 0 Å². The lowest BCUT2D eigenvalue weighted by Crippen LogP contribution is -2.35. The van der Waals surface area contributed by atoms with Crippen molar-refractivity contribution in [3.8, 4) is 6.07 Å². The molecule has 1 aliphatic rings. The summed E-state index contributed by atoms with van der Waals surface area (Å²) in [5.74, 6) is 0.0952. The number of amides is 1. The number of hydrogen-bond acceptors (Lipinski definition) is 4. The van der Waals surface area contributed by atoms with Crippen molar-refractivity contribution in [3.05, 3.63) is 0 Å². The second kappa shape index (κ2) is 8.90. The zero-order chi connectivity index (χ0) is 13.2. The molecular formula is C13H22N2O3. The molecule has 1 rings (SSSR count). The van der Waals surface area contributed by atoms with Crippen LogP contribution in [-0.2, 0) is 14.3 Å². The first-order valence-corrected chi connectivity index (χ1v) is 6.53. The van der Waals surface area contributed by atoms with Gasteiger partial charge in [0.15, 0.2) is 0 Å². The van der Waals surface area contributed by atoms with Crippen LogP contribution in [0.3, 0.4) is 0 Å². The standard InChI is InChI=1S/C13H22N2O3/c1-17-11-9-15(8-3-7-14)13(16)6-5-12-4-2-10-18-12/h12H,2-6,8-11H2,1H3. The molecule has 0 spiro atoms. The Bertz CT molecular complexity index is 282. The van der Waals surface area contributed by atoms with E-state index >= 15 is 0 Å². The Morgan fingerprint density at radius 2 is 2.39 bits per heavy atom. The summed E-state index contributed by atoms with van der Waals surface area (Å²) in [5, 5.41) is 8.59. The van der Waals surface area contributed by atoms with E-state index in [1.54, 1.807) is 12.0 Å². The van der Waals surface area contributed by atoms with E-state index in [0.717, 1.165) is 25.9 Å². The van der Waals surface area contributed by atoms with Gasteiger partial charge in [-0.15, -0.1) is 0 Å². The van der Waals surface area contributed by atoms with Gasteiger partial charge in [0.1, 0.15) is 0 Å². The first-order valence-electron chi connectivity index (χ1n) is 6.53. The molecule has 0 aliphatic carbocycles. The van der Waals surface area contributed by atoms with Crippen molar-refractivity contribution in [1.29, 1.82) is 5.26 Å². The molecule has 0 radical (unpaired) electrons. The van der Waals surface area contributed by atoms with Crippen LogP contribution >= 0.6 is 0 Å². The minimum atomic E-state index is 0.0952. The first kappa shape index (κ1) is 14.9. The minimum absolute atomic E-state index is 0.0952. The molecule has 5 heteroatoms. The molecule has 0 aromatic heterocycles. The van der Waals surface area contributed by atoms with Gasteiger partial charge in [-0.05, 0) is 19.3 Å². The fourth-order valence-electron chi connectivity index (χ4n) is 2.06. The Morgan fingerprint density at radius 3 is 3.00 bits per heavy atom. The average Bonchev–Trinajstić information content (AvgIpc) is 2.89. The SMILES string of the molecule is COCCN(CCC#N)C(=O)CCC1CCCO1. The lowest BCUT2D eigenvalue weighted by molar-refractivity contribution is -0.132. The van der Waals surface area contributed by atoms with Gasteiger partial charge in [0, 0.05) is 33.2 Å². The highest BCUT2D eigenvalue weighted by atomic mass is 16.5. The zero-order valence-electron chi connectivity index (χ0n) is 11.1. The van der Waals surface area contributed by atoms with Crippen molar-refractivity contribution in [2.24, 2.45) is 0 Å². The van der Waals surface area contributed by atoms with E-state index in [-0.39, 0.29) is 12.0 Å². The highest BCUT2D eigenvalue weighted by molar-refractivity contribution is 5.76. The van der Waals surface area contributed by atoms with Gasteiger partial charge in [-0.25, -0.2) is 0 Å². The lowest BCUT2D eigenvalue weighted by atomic mass is 10.1. The Morgan fingerprint density at radius 1 is 1.56 bits per heavy atom. The van der Waals surface area contributed by atoms with Gasteiger partial charge in [0.25, 0.3) is 0 Å². The number of carbonyl (C=O) groups is 1. The predicted octanol–water partition coefficient (Wildman–Crippen LogP) is 1.33. The Balaban J connectivity index is 2.29. The first-order chi connectivity index (χ1) is 8.77. The number of nitriles is 1. The lowest BCUT2D eigenvalue weighted by Gasteiger charge is -2.21. The number of nitrogens with zero attached hydrogens (tertiary/aromatic N) is 2. The maximum Gasteiger partial charge on any atom is 0.222 e. The van der Waals surface area contributed by atoms with Crippen LogP contribution in [0.25, 0.3) is 0 Å². The van der Waals surface area contributed by atoms with Crippen molar-refractivity contribution in [1.82, 2.24) is 4.90 Å². The van der Waals surface area contributed by atoms with E-state index in [4.69, 9.17) is 14.7 Å². The number of methoxy groups -OCH3 is 1. The molecule has 0 N–H and O–H groups in total. The third-order valence-electron chi connectivity index (χ3n) is 3.12. The van der Waals surface area contributed by atoms with Gasteiger partial charge in [0.05, 0.1) is 25.2 Å². The van der Waals surface area contributed by atoms with E-state index in [1.165, 1.54) is 0 Å². The van der Waals surface area contributed by atoms with Gasteiger partial charge in [-0.3, -0.25) is 4.79 Å². The third-order valence-corrected chi connectivity index (χ3v) is 3.12. The summed E-state index contributed by atoms with van der Waals surface area (Å²) in [4.78, 5) is 13.7. The van der Waals surface area contributed by atoms with Crippen LogP contribution in [0, 0.1) is 11.3 Å². The van der Waals surface area contributed by atoms with Crippen molar-refractivity contribution in [2.75, 3.05) is 33.4 Å². The number of ether oxygens (including phenoxy) is 2. The molecule has 102 valence electrons. The predicted molar refractivity (Wildman–Crippen MR) is 66.9 cm³/mol. The molecule has 1 amide bonds. The number of hydrogen-bond donors (Lipinski definition) is 0. The molecule has 0 bridgehead atoms. The molecule has 1 heterocycles. The highest BCUT2D eigenvalue weighted by Crippen LogP contribution is 2.17. The van der Waals surface area contributed by atoms with Crippen LogP contribution in [-0.4, -0.2) is 50.3 Å². The average molecular weight is 254 g/mol. The summed E-state index contributed by atoms with van der Waals surface area (Å²) in [6.45, 7) is 2.38. The normalized spacial score (nSPS) is 18.6. The van der Waals surface area contributed by atoms with Gasteiger partial charge in [-0.2, -0.15) is 5.26 Å².